The van der Waals surface area contributed by atoms with Crippen LogP contribution in [0, 0.1) is 0 Å². The summed E-state index contributed by atoms with van der Waals surface area (Å²) in [6, 6.07) is 0. The molecule has 1 fully saturated rings. The highest BCUT2D eigenvalue weighted by Gasteiger charge is 2.16. The van der Waals surface area contributed by atoms with Gasteiger partial charge in [-0.05, 0) is 6.54 Å². The third-order valence-electron chi connectivity index (χ3n) is 1.93. The second-order valence-corrected chi connectivity index (χ2v) is 4.03. The summed E-state index contributed by atoms with van der Waals surface area (Å²) in [5.74, 6) is 1.26. The molecule has 1 unspecified atom stereocenters. The number of hydrogen-bond acceptors (Lipinski definition) is 3. The summed E-state index contributed by atoms with van der Waals surface area (Å²) < 4.78 is 0. The van der Waals surface area contributed by atoms with Gasteiger partial charge in [0, 0.05) is 30.6 Å². The van der Waals surface area contributed by atoms with Crippen molar-refractivity contribution in [2.75, 3.05) is 31.9 Å². The van der Waals surface area contributed by atoms with Crippen molar-refractivity contribution in [2.24, 2.45) is 5.73 Å². The smallest absolute Gasteiger partial charge is 0.0298 e. The lowest BCUT2D eigenvalue weighted by molar-refractivity contribution is 0.299. The van der Waals surface area contributed by atoms with E-state index in [-0.39, 0.29) is 0 Å². The Balaban J connectivity index is 2.25. The summed E-state index contributed by atoms with van der Waals surface area (Å²) in [5, 5.41) is 0.689. The average molecular weight is 160 g/mol. The van der Waals surface area contributed by atoms with Gasteiger partial charge >= 0.3 is 0 Å². The first-order valence-corrected chi connectivity index (χ1v) is 4.95. The Morgan fingerprint density at radius 1 is 1.70 bits per heavy atom. The topological polar surface area (TPSA) is 29.3 Å². The lowest BCUT2D eigenvalue weighted by Gasteiger charge is -2.30. The monoisotopic (exact) mass is 160 g/mol. The minimum absolute atomic E-state index is 0.689. The molecule has 1 heterocycles. The Bertz CT molecular complexity index is 87.6. The van der Waals surface area contributed by atoms with Crippen molar-refractivity contribution in [3.8, 4) is 0 Å². The molecule has 1 saturated heterocycles. The van der Waals surface area contributed by atoms with Crippen LogP contribution in [0.5, 0.6) is 0 Å². The first kappa shape index (κ1) is 8.37. The summed E-state index contributed by atoms with van der Waals surface area (Å²) in [4.78, 5) is 2.47. The van der Waals surface area contributed by atoms with Crippen LogP contribution >= 0.6 is 11.8 Å². The summed E-state index contributed by atoms with van der Waals surface area (Å²) in [6.45, 7) is 6.66. The molecule has 0 bridgehead atoms. The van der Waals surface area contributed by atoms with Gasteiger partial charge in [0.15, 0.2) is 0 Å². The van der Waals surface area contributed by atoms with E-state index in [2.05, 4.69) is 11.8 Å². The van der Waals surface area contributed by atoms with Gasteiger partial charge in [0.2, 0.25) is 0 Å². The molecule has 0 radical (unpaired) electrons. The fourth-order valence-electron chi connectivity index (χ4n) is 1.21. The fraction of sp³-hybridized carbons (Fsp3) is 1.00. The zero-order valence-electron chi connectivity index (χ0n) is 6.55. The maximum Gasteiger partial charge on any atom is 0.0298 e. The van der Waals surface area contributed by atoms with Gasteiger partial charge in [-0.1, -0.05) is 6.92 Å². The van der Waals surface area contributed by atoms with E-state index in [9.17, 15) is 0 Å². The highest BCUT2D eigenvalue weighted by molar-refractivity contribution is 8.00. The third-order valence-corrected chi connectivity index (χ3v) is 3.16. The van der Waals surface area contributed by atoms with Crippen LogP contribution in [0.25, 0.3) is 0 Å². The van der Waals surface area contributed by atoms with Gasteiger partial charge in [0.05, 0.1) is 0 Å². The SMILES string of the molecule is CCN1CCSC(CN)C1. The minimum Gasteiger partial charge on any atom is -0.329 e. The predicted molar refractivity (Wildman–Crippen MR) is 47.4 cm³/mol. The molecule has 1 rings (SSSR count). The molecule has 1 atom stereocenters. The van der Waals surface area contributed by atoms with Crippen LogP contribution in [0.3, 0.4) is 0 Å². The zero-order valence-corrected chi connectivity index (χ0v) is 7.36. The molecule has 0 aromatic carbocycles. The fourth-order valence-corrected chi connectivity index (χ4v) is 2.36. The van der Waals surface area contributed by atoms with Gasteiger partial charge < -0.3 is 10.6 Å². The molecule has 0 aromatic rings. The third kappa shape index (κ3) is 2.15. The summed E-state index contributed by atoms with van der Waals surface area (Å²) in [6.07, 6.45) is 0. The lowest BCUT2D eigenvalue weighted by atomic mass is 10.3. The van der Waals surface area contributed by atoms with Crippen molar-refractivity contribution in [3.05, 3.63) is 0 Å². The first-order valence-electron chi connectivity index (χ1n) is 3.90. The molecule has 0 aromatic heterocycles. The van der Waals surface area contributed by atoms with Crippen molar-refractivity contribution in [1.82, 2.24) is 4.90 Å². The Labute approximate surface area is 67.1 Å². The summed E-state index contributed by atoms with van der Waals surface area (Å²) in [7, 11) is 0. The minimum atomic E-state index is 0.689. The zero-order chi connectivity index (χ0) is 7.40. The van der Waals surface area contributed by atoms with E-state index in [0.29, 0.717) is 5.25 Å². The Morgan fingerprint density at radius 3 is 3.10 bits per heavy atom. The Kier molecular flexibility index (Phi) is 3.52. The van der Waals surface area contributed by atoms with Gasteiger partial charge in [-0.15, -0.1) is 0 Å². The lowest BCUT2D eigenvalue weighted by Crippen LogP contribution is -2.40. The van der Waals surface area contributed by atoms with E-state index in [1.165, 1.54) is 25.4 Å². The van der Waals surface area contributed by atoms with E-state index < -0.39 is 0 Å². The molecule has 60 valence electrons. The maximum atomic E-state index is 5.57. The highest BCUT2D eigenvalue weighted by Crippen LogP contribution is 2.16. The Hall–Kier alpha value is 0.270. The van der Waals surface area contributed by atoms with Crippen LogP contribution in [-0.4, -0.2) is 42.1 Å². The number of hydrogen-bond donors (Lipinski definition) is 1. The molecule has 1 aliphatic rings. The predicted octanol–water partition coefficient (Wildman–Crippen LogP) is 0.382. The van der Waals surface area contributed by atoms with Crippen molar-refractivity contribution in [1.29, 1.82) is 0 Å². The second kappa shape index (κ2) is 4.21. The molecular weight excluding hydrogens is 144 g/mol. The highest BCUT2D eigenvalue weighted by atomic mass is 32.2. The van der Waals surface area contributed by atoms with Crippen LogP contribution in [0.1, 0.15) is 6.92 Å². The van der Waals surface area contributed by atoms with Crippen molar-refractivity contribution in [3.63, 3.8) is 0 Å². The average Bonchev–Trinajstić information content (AvgIpc) is 2.05. The van der Waals surface area contributed by atoms with Crippen LogP contribution in [0.2, 0.25) is 0 Å². The molecule has 0 amide bonds. The molecule has 0 saturated carbocycles. The van der Waals surface area contributed by atoms with E-state index >= 15 is 0 Å². The normalized spacial score (nSPS) is 28.8. The largest absolute Gasteiger partial charge is 0.329 e. The van der Waals surface area contributed by atoms with E-state index in [4.69, 9.17) is 5.73 Å². The van der Waals surface area contributed by atoms with Gasteiger partial charge in [0.25, 0.3) is 0 Å². The molecule has 2 nitrogen and oxygen atoms in total. The molecule has 2 N–H and O–H groups in total. The van der Waals surface area contributed by atoms with Crippen molar-refractivity contribution < 1.29 is 0 Å². The number of nitrogens with zero attached hydrogens (tertiary/aromatic N) is 1. The molecular formula is C7H16N2S. The molecule has 0 spiro atoms. The molecule has 0 aliphatic carbocycles. The van der Waals surface area contributed by atoms with E-state index in [0.717, 1.165) is 6.54 Å². The van der Waals surface area contributed by atoms with Crippen LogP contribution in [0.15, 0.2) is 0 Å². The summed E-state index contributed by atoms with van der Waals surface area (Å²) in [5.41, 5.74) is 5.57. The number of nitrogens with two attached hydrogens (primary N) is 1. The summed E-state index contributed by atoms with van der Waals surface area (Å²) >= 11 is 2.02. The van der Waals surface area contributed by atoms with E-state index in [1.54, 1.807) is 0 Å². The van der Waals surface area contributed by atoms with Gasteiger partial charge in [-0.3, -0.25) is 0 Å². The molecule has 10 heavy (non-hydrogen) atoms. The van der Waals surface area contributed by atoms with Gasteiger partial charge in [0.1, 0.15) is 0 Å². The van der Waals surface area contributed by atoms with Gasteiger partial charge in [-0.2, -0.15) is 11.8 Å². The van der Waals surface area contributed by atoms with Gasteiger partial charge in [-0.25, -0.2) is 0 Å². The van der Waals surface area contributed by atoms with Crippen LogP contribution in [-0.2, 0) is 0 Å². The quantitative estimate of drug-likeness (QED) is 0.633. The van der Waals surface area contributed by atoms with Crippen LogP contribution in [0.4, 0.5) is 0 Å². The molecule has 1 aliphatic heterocycles. The van der Waals surface area contributed by atoms with E-state index in [1.807, 2.05) is 11.8 Å². The molecule has 3 heteroatoms. The number of rotatable bonds is 2. The standard InChI is InChI=1S/C7H16N2S/c1-2-9-3-4-10-7(5-8)6-9/h7H,2-6,8H2,1H3. The van der Waals surface area contributed by atoms with Crippen molar-refractivity contribution >= 4 is 11.8 Å². The van der Waals surface area contributed by atoms with Crippen LogP contribution < -0.4 is 5.73 Å². The Morgan fingerprint density at radius 2 is 2.50 bits per heavy atom. The number of thioether (sulfide) groups is 1. The van der Waals surface area contributed by atoms with Crippen molar-refractivity contribution in [2.45, 2.75) is 12.2 Å². The first-order chi connectivity index (χ1) is 4.86. The second-order valence-electron chi connectivity index (χ2n) is 2.62. The maximum absolute atomic E-state index is 5.57.